The SMILES string of the molecule is CCn1cc(-c2ccc(F)cc2CNC2CC2)cn1. The number of nitrogens with one attached hydrogen (secondary N) is 1. The van der Waals surface area contributed by atoms with Gasteiger partial charge >= 0.3 is 0 Å². The smallest absolute Gasteiger partial charge is 0.123 e. The molecule has 0 unspecified atom stereocenters. The van der Waals surface area contributed by atoms with Gasteiger partial charge in [-0.3, -0.25) is 4.68 Å². The molecule has 0 bridgehead atoms. The van der Waals surface area contributed by atoms with E-state index in [0.29, 0.717) is 6.04 Å². The number of hydrogen-bond donors (Lipinski definition) is 1. The van der Waals surface area contributed by atoms with Crippen LogP contribution in [0.25, 0.3) is 11.1 Å². The lowest BCUT2D eigenvalue weighted by molar-refractivity contribution is 0.620. The van der Waals surface area contributed by atoms with E-state index in [1.807, 2.05) is 23.1 Å². The standard InChI is InChI=1S/C15H18FN3/c1-2-19-10-12(9-18-19)15-6-3-13(16)7-11(15)8-17-14-4-5-14/h3,6-7,9-10,14,17H,2,4-5,8H2,1H3. The predicted octanol–water partition coefficient (Wildman–Crippen LogP) is 2.96. The molecule has 1 aliphatic rings. The summed E-state index contributed by atoms with van der Waals surface area (Å²) in [4.78, 5) is 0. The van der Waals surface area contributed by atoms with Gasteiger partial charge in [0.25, 0.3) is 0 Å². The molecule has 2 aromatic rings. The maximum absolute atomic E-state index is 13.4. The van der Waals surface area contributed by atoms with Crippen LogP contribution in [0.15, 0.2) is 30.6 Å². The fourth-order valence-electron chi connectivity index (χ4n) is 2.21. The number of hydrogen-bond acceptors (Lipinski definition) is 2. The average Bonchev–Trinajstić information content (AvgIpc) is 3.13. The Balaban J connectivity index is 1.89. The Hall–Kier alpha value is -1.68. The van der Waals surface area contributed by atoms with E-state index in [-0.39, 0.29) is 5.82 Å². The van der Waals surface area contributed by atoms with Crippen molar-refractivity contribution >= 4 is 0 Å². The molecule has 1 aromatic carbocycles. The Labute approximate surface area is 112 Å². The number of aromatic nitrogens is 2. The first kappa shape index (κ1) is 12.4. The lowest BCUT2D eigenvalue weighted by atomic mass is 10.0. The molecular weight excluding hydrogens is 241 g/mol. The van der Waals surface area contributed by atoms with Gasteiger partial charge in [-0.25, -0.2) is 4.39 Å². The van der Waals surface area contributed by atoms with Crippen LogP contribution < -0.4 is 5.32 Å². The fraction of sp³-hybridized carbons (Fsp3) is 0.400. The summed E-state index contributed by atoms with van der Waals surface area (Å²) >= 11 is 0. The summed E-state index contributed by atoms with van der Waals surface area (Å²) in [5.74, 6) is -0.181. The summed E-state index contributed by atoms with van der Waals surface area (Å²) in [6, 6.07) is 5.60. The lowest BCUT2D eigenvalue weighted by Gasteiger charge is -2.09. The third kappa shape index (κ3) is 2.84. The monoisotopic (exact) mass is 259 g/mol. The van der Waals surface area contributed by atoms with E-state index in [1.54, 1.807) is 6.07 Å². The maximum atomic E-state index is 13.4. The second kappa shape index (κ2) is 5.13. The van der Waals surface area contributed by atoms with E-state index >= 15 is 0 Å². The van der Waals surface area contributed by atoms with Crippen molar-refractivity contribution in [3.05, 3.63) is 42.0 Å². The second-order valence-electron chi connectivity index (χ2n) is 5.04. The molecule has 1 aromatic heterocycles. The molecule has 1 heterocycles. The Kier molecular flexibility index (Phi) is 3.34. The minimum absolute atomic E-state index is 0.181. The quantitative estimate of drug-likeness (QED) is 0.894. The minimum Gasteiger partial charge on any atom is -0.310 e. The van der Waals surface area contributed by atoms with Gasteiger partial charge in [0, 0.05) is 30.9 Å². The first-order valence-electron chi connectivity index (χ1n) is 6.81. The highest BCUT2D eigenvalue weighted by molar-refractivity contribution is 5.66. The van der Waals surface area contributed by atoms with Crippen molar-refractivity contribution < 1.29 is 4.39 Å². The summed E-state index contributed by atoms with van der Waals surface area (Å²) in [5, 5.41) is 7.72. The van der Waals surface area contributed by atoms with Gasteiger partial charge in [0.1, 0.15) is 5.82 Å². The van der Waals surface area contributed by atoms with Crippen LogP contribution in [0.3, 0.4) is 0 Å². The van der Waals surface area contributed by atoms with Crippen molar-refractivity contribution in [1.29, 1.82) is 0 Å². The number of halogens is 1. The van der Waals surface area contributed by atoms with Gasteiger partial charge in [0.2, 0.25) is 0 Å². The minimum atomic E-state index is -0.181. The molecule has 100 valence electrons. The number of benzene rings is 1. The Morgan fingerprint density at radius 2 is 2.26 bits per heavy atom. The van der Waals surface area contributed by atoms with Gasteiger partial charge in [-0.2, -0.15) is 5.10 Å². The Morgan fingerprint density at radius 3 is 2.95 bits per heavy atom. The van der Waals surface area contributed by atoms with Gasteiger partial charge in [-0.1, -0.05) is 6.07 Å². The van der Waals surface area contributed by atoms with E-state index in [9.17, 15) is 4.39 Å². The highest BCUT2D eigenvalue weighted by atomic mass is 19.1. The molecule has 19 heavy (non-hydrogen) atoms. The van der Waals surface area contributed by atoms with E-state index in [0.717, 1.165) is 29.8 Å². The van der Waals surface area contributed by atoms with Crippen LogP contribution in [0.4, 0.5) is 4.39 Å². The van der Waals surface area contributed by atoms with Crippen molar-refractivity contribution in [1.82, 2.24) is 15.1 Å². The molecule has 1 aliphatic carbocycles. The fourth-order valence-corrected chi connectivity index (χ4v) is 2.21. The van der Waals surface area contributed by atoms with Crippen LogP contribution in [0, 0.1) is 5.82 Å². The molecule has 1 N–H and O–H groups in total. The molecule has 3 nitrogen and oxygen atoms in total. The van der Waals surface area contributed by atoms with Crippen LogP contribution >= 0.6 is 0 Å². The third-order valence-corrected chi connectivity index (χ3v) is 3.49. The van der Waals surface area contributed by atoms with Crippen LogP contribution in [0.1, 0.15) is 25.3 Å². The average molecular weight is 259 g/mol. The van der Waals surface area contributed by atoms with Crippen LogP contribution in [-0.2, 0) is 13.1 Å². The van der Waals surface area contributed by atoms with Crippen LogP contribution in [0.2, 0.25) is 0 Å². The number of nitrogens with zero attached hydrogens (tertiary/aromatic N) is 2. The lowest BCUT2D eigenvalue weighted by Crippen LogP contribution is -2.16. The molecule has 0 aliphatic heterocycles. The largest absolute Gasteiger partial charge is 0.310 e. The maximum Gasteiger partial charge on any atom is 0.123 e. The van der Waals surface area contributed by atoms with Gasteiger partial charge in [0.05, 0.1) is 6.20 Å². The molecule has 0 saturated heterocycles. The molecule has 4 heteroatoms. The Bertz CT molecular complexity index is 573. The van der Waals surface area contributed by atoms with Gasteiger partial charge in [-0.05, 0) is 43.0 Å². The normalized spacial score (nSPS) is 14.8. The van der Waals surface area contributed by atoms with Crippen molar-refractivity contribution in [2.45, 2.75) is 38.9 Å². The summed E-state index contributed by atoms with van der Waals surface area (Å²) in [5.41, 5.74) is 3.12. The Morgan fingerprint density at radius 1 is 1.42 bits per heavy atom. The molecular formula is C15H18FN3. The van der Waals surface area contributed by atoms with E-state index in [4.69, 9.17) is 0 Å². The molecule has 1 saturated carbocycles. The van der Waals surface area contributed by atoms with E-state index in [1.165, 1.54) is 18.9 Å². The van der Waals surface area contributed by atoms with Crippen LogP contribution in [-0.4, -0.2) is 15.8 Å². The summed E-state index contributed by atoms with van der Waals surface area (Å²) in [6.07, 6.45) is 6.32. The van der Waals surface area contributed by atoms with Crippen molar-refractivity contribution in [3.8, 4) is 11.1 Å². The van der Waals surface area contributed by atoms with Gasteiger partial charge in [0.15, 0.2) is 0 Å². The van der Waals surface area contributed by atoms with Crippen molar-refractivity contribution in [3.63, 3.8) is 0 Å². The van der Waals surface area contributed by atoms with Gasteiger partial charge in [-0.15, -0.1) is 0 Å². The zero-order valence-electron chi connectivity index (χ0n) is 11.1. The first-order valence-corrected chi connectivity index (χ1v) is 6.81. The summed E-state index contributed by atoms with van der Waals surface area (Å²) in [6.45, 7) is 3.61. The second-order valence-corrected chi connectivity index (χ2v) is 5.04. The molecule has 3 rings (SSSR count). The molecule has 1 fully saturated rings. The first-order chi connectivity index (χ1) is 9.26. The topological polar surface area (TPSA) is 29.9 Å². The third-order valence-electron chi connectivity index (χ3n) is 3.49. The zero-order chi connectivity index (χ0) is 13.2. The number of rotatable bonds is 5. The molecule has 0 radical (unpaired) electrons. The molecule has 0 spiro atoms. The van der Waals surface area contributed by atoms with Crippen LogP contribution in [0.5, 0.6) is 0 Å². The molecule has 0 amide bonds. The predicted molar refractivity (Wildman–Crippen MR) is 73.2 cm³/mol. The number of aryl methyl sites for hydroxylation is 1. The summed E-state index contributed by atoms with van der Waals surface area (Å²) < 4.78 is 15.3. The highest BCUT2D eigenvalue weighted by Crippen LogP contribution is 2.26. The molecule has 0 atom stereocenters. The van der Waals surface area contributed by atoms with E-state index < -0.39 is 0 Å². The van der Waals surface area contributed by atoms with Crippen molar-refractivity contribution in [2.75, 3.05) is 0 Å². The van der Waals surface area contributed by atoms with Gasteiger partial charge < -0.3 is 5.32 Å². The summed E-state index contributed by atoms with van der Waals surface area (Å²) in [7, 11) is 0. The van der Waals surface area contributed by atoms with Crippen molar-refractivity contribution in [2.24, 2.45) is 0 Å². The zero-order valence-corrected chi connectivity index (χ0v) is 11.1. The highest BCUT2D eigenvalue weighted by Gasteiger charge is 2.20. The van der Waals surface area contributed by atoms with E-state index in [2.05, 4.69) is 17.3 Å².